The van der Waals surface area contributed by atoms with Crippen molar-refractivity contribution < 1.29 is 31.2 Å². The number of alkyl halides is 3. The van der Waals surface area contributed by atoms with Crippen LogP contribution in [0.4, 0.5) is 23.1 Å². The van der Waals surface area contributed by atoms with Crippen molar-refractivity contribution in [3.05, 3.63) is 29.5 Å². The molecule has 1 aromatic heterocycles. The van der Waals surface area contributed by atoms with Gasteiger partial charge in [0.1, 0.15) is 6.04 Å². The van der Waals surface area contributed by atoms with Gasteiger partial charge in [0.15, 0.2) is 15.0 Å². The first-order valence-corrected chi connectivity index (χ1v) is 11.2. The Labute approximate surface area is 174 Å². The molecule has 1 unspecified atom stereocenters. The number of hydrogen-bond donors (Lipinski definition) is 3. The first kappa shape index (κ1) is 23.6. The monoisotopic (exact) mass is 464 g/mol. The fourth-order valence-electron chi connectivity index (χ4n) is 2.60. The number of thiazole rings is 1. The zero-order valence-corrected chi connectivity index (χ0v) is 17.8. The van der Waals surface area contributed by atoms with Gasteiger partial charge in [-0.25, -0.2) is 18.2 Å². The number of primary amides is 1. The van der Waals surface area contributed by atoms with Gasteiger partial charge in [-0.05, 0) is 31.0 Å². The molecule has 4 N–H and O–H groups in total. The van der Waals surface area contributed by atoms with E-state index in [1.54, 1.807) is 6.92 Å². The van der Waals surface area contributed by atoms with Gasteiger partial charge in [-0.15, -0.1) is 0 Å². The molecule has 0 saturated carbocycles. The van der Waals surface area contributed by atoms with Crippen molar-refractivity contribution >= 4 is 38.2 Å². The predicted molar refractivity (Wildman–Crippen MR) is 106 cm³/mol. The van der Waals surface area contributed by atoms with E-state index in [-0.39, 0.29) is 17.1 Å². The van der Waals surface area contributed by atoms with E-state index in [0.29, 0.717) is 16.8 Å². The van der Waals surface area contributed by atoms with Crippen LogP contribution in [-0.2, 0) is 20.8 Å². The number of carbonyl (C=O) groups is 2. The molecule has 0 radical (unpaired) electrons. The summed E-state index contributed by atoms with van der Waals surface area (Å²) in [6.07, 6.45) is -3.90. The van der Waals surface area contributed by atoms with Crippen molar-refractivity contribution in [1.29, 1.82) is 0 Å². The highest BCUT2D eigenvalue weighted by Crippen LogP contribution is 2.39. The van der Waals surface area contributed by atoms with E-state index in [2.05, 4.69) is 15.6 Å². The van der Waals surface area contributed by atoms with Gasteiger partial charge in [-0.1, -0.05) is 24.3 Å². The summed E-state index contributed by atoms with van der Waals surface area (Å²) in [7, 11) is -4.09. The summed E-state index contributed by atoms with van der Waals surface area (Å²) in [4.78, 5) is 26.8. The Morgan fingerprint density at radius 1 is 1.30 bits per heavy atom. The van der Waals surface area contributed by atoms with E-state index in [1.807, 2.05) is 0 Å². The van der Waals surface area contributed by atoms with Crippen molar-refractivity contribution in [1.82, 2.24) is 10.3 Å². The molecule has 0 bridgehead atoms. The highest BCUT2D eigenvalue weighted by atomic mass is 32.2. The Morgan fingerprint density at radius 3 is 2.43 bits per heavy atom. The molecule has 13 heteroatoms. The molecule has 0 saturated heterocycles. The Bertz CT molecular complexity index is 1080. The molecule has 3 amide bonds. The lowest BCUT2D eigenvalue weighted by Crippen LogP contribution is -2.45. The fraction of sp³-hybridized carbons (Fsp3) is 0.353. The van der Waals surface area contributed by atoms with Crippen LogP contribution in [0.1, 0.15) is 24.6 Å². The third kappa shape index (κ3) is 5.48. The first-order chi connectivity index (χ1) is 13.7. The number of aromatic nitrogens is 1. The number of hydrogen-bond acceptors (Lipinski definition) is 6. The van der Waals surface area contributed by atoms with Crippen LogP contribution in [0, 0.1) is 6.92 Å². The van der Waals surface area contributed by atoms with E-state index >= 15 is 0 Å². The molecule has 0 aliphatic heterocycles. The Balaban J connectivity index is 2.37. The van der Waals surface area contributed by atoms with Crippen LogP contribution < -0.4 is 16.4 Å². The largest absolute Gasteiger partial charge is 0.417 e. The Morgan fingerprint density at radius 2 is 1.93 bits per heavy atom. The second kappa shape index (κ2) is 8.60. The summed E-state index contributed by atoms with van der Waals surface area (Å²) in [5.41, 5.74) is 4.30. The maximum absolute atomic E-state index is 13.4. The molecule has 0 aliphatic rings. The van der Waals surface area contributed by atoms with Crippen LogP contribution in [0.5, 0.6) is 0 Å². The lowest BCUT2D eigenvalue weighted by Gasteiger charge is -2.13. The molecule has 8 nitrogen and oxygen atoms in total. The molecule has 30 heavy (non-hydrogen) atoms. The van der Waals surface area contributed by atoms with Gasteiger partial charge in [0.25, 0.3) is 0 Å². The molecular formula is C17H19F3N4O4S2. The van der Waals surface area contributed by atoms with Crippen molar-refractivity contribution in [2.75, 3.05) is 11.6 Å². The Hall–Kier alpha value is -2.67. The molecular weight excluding hydrogens is 445 g/mol. The normalized spacial score (nSPS) is 13.0. The van der Waals surface area contributed by atoms with E-state index in [0.717, 1.165) is 23.5 Å². The third-order valence-corrected chi connectivity index (χ3v) is 6.30. The average molecular weight is 464 g/mol. The summed E-state index contributed by atoms with van der Waals surface area (Å²) in [6.45, 7) is 3.19. The lowest BCUT2D eigenvalue weighted by molar-refractivity contribution is -0.139. The topological polar surface area (TPSA) is 131 Å². The summed E-state index contributed by atoms with van der Waals surface area (Å²) in [6, 6.07) is 1.25. The second-order valence-electron chi connectivity index (χ2n) is 6.38. The Kier molecular flexibility index (Phi) is 6.76. The molecule has 164 valence electrons. The van der Waals surface area contributed by atoms with Gasteiger partial charge in [0, 0.05) is 6.26 Å². The third-order valence-electron chi connectivity index (χ3n) is 4.02. The van der Waals surface area contributed by atoms with Gasteiger partial charge >= 0.3 is 12.2 Å². The van der Waals surface area contributed by atoms with Gasteiger partial charge in [0.05, 0.1) is 21.0 Å². The number of aryl methyl sites for hydroxylation is 1. The van der Waals surface area contributed by atoms with Gasteiger partial charge < -0.3 is 11.1 Å². The summed E-state index contributed by atoms with van der Waals surface area (Å²) in [5, 5.41) is 4.85. The second-order valence-corrected chi connectivity index (χ2v) is 9.36. The van der Waals surface area contributed by atoms with Crippen molar-refractivity contribution in [3.63, 3.8) is 0 Å². The number of nitrogens with zero attached hydrogens (tertiary/aromatic N) is 1. The highest BCUT2D eigenvalue weighted by Gasteiger charge is 2.36. The van der Waals surface area contributed by atoms with Gasteiger partial charge in [-0.2, -0.15) is 13.2 Å². The number of halogens is 3. The summed E-state index contributed by atoms with van der Waals surface area (Å²) >= 11 is 0.901. The van der Waals surface area contributed by atoms with Crippen LogP contribution in [0.3, 0.4) is 0 Å². The SMILES string of the molecule is CCC(NC(=O)Nc1nc(C)c(-c2ccc(S(C)(=O)=O)c(C(F)(F)F)c2)s1)C(N)=O. The number of rotatable bonds is 6. The molecule has 2 rings (SSSR count). The van der Waals surface area contributed by atoms with Crippen LogP contribution in [0.2, 0.25) is 0 Å². The van der Waals surface area contributed by atoms with Crippen molar-refractivity contribution in [3.8, 4) is 10.4 Å². The van der Waals surface area contributed by atoms with Crippen LogP contribution in [0.15, 0.2) is 23.1 Å². The van der Waals surface area contributed by atoms with Gasteiger partial charge in [0.2, 0.25) is 5.91 Å². The molecule has 1 aromatic carbocycles. The molecule has 0 fully saturated rings. The minimum atomic E-state index is -4.88. The molecule has 0 aliphatic carbocycles. The minimum Gasteiger partial charge on any atom is -0.368 e. The maximum atomic E-state index is 13.4. The number of sulfone groups is 1. The predicted octanol–water partition coefficient (Wildman–Crippen LogP) is 2.93. The molecule has 1 atom stereocenters. The van der Waals surface area contributed by atoms with Gasteiger partial charge in [-0.3, -0.25) is 10.1 Å². The summed E-state index contributed by atoms with van der Waals surface area (Å²) in [5.74, 6) is -0.714. The van der Waals surface area contributed by atoms with Crippen LogP contribution >= 0.6 is 11.3 Å². The van der Waals surface area contributed by atoms with Crippen LogP contribution in [-0.4, -0.2) is 37.6 Å². The maximum Gasteiger partial charge on any atom is 0.417 e. The van der Waals surface area contributed by atoms with E-state index in [9.17, 15) is 31.2 Å². The van der Waals surface area contributed by atoms with E-state index in [1.165, 1.54) is 13.0 Å². The highest BCUT2D eigenvalue weighted by molar-refractivity contribution is 7.90. The lowest BCUT2D eigenvalue weighted by atomic mass is 10.1. The van der Waals surface area contributed by atoms with Crippen LogP contribution in [0.25, 0.3) is 10.4 Å². The van der Waals surface area contributed by atoms with Crippen molar-refractivity contribution in [2.24, 2.45) is 5.73 Å². The number of anilines is 1. The smallest absolute Gasteiger partial charge is 0.368 e. The molecule has 0 spiro atoms. The van der Waals surface area contributed by atoms with E-state index < -0.39 is 44.5 Å². The standard InChI is InChI=1S/C17H19F3N4O4S2/c1-4-11(14(21)25)23-15(26)24-16-22-8(2)13(29-16)9-5-6-12(30(3,27)28)10(7-9)17(18,19)20/h5-7,11H,4H2,1-3H3,(H2,21,25)(H2,22,23,24,26). The number of benzene rings is 1. The molecule has 1 heterocycles. The number of amides is 3. The number of urea groups is 1. The minimum absolute atomic E-state index is 0.0834. The number of nitrogens with two attached hydrogens (primary N) is 1. The zero-order chi connectivity index (χ0) is 22.9. The summed E-state index contributed by atoms with van der Waals surface area (Å²) < 4.78 is 63.6. The fourth-order valence-corrected chi connectivity index (χ4v) is 4.45. The molecule has 2 aromatic rings. The quantitative estimate of drug-likeness (QED) is 0.605. The zero-order valence-electron chi connectivity index (χ0n) is 16.1. The van der Waals surface area contributed by atoms with Crippen molar-refractivity contribution in [2.45, 2.75) is 37.4 Å². The average Bonchev–Trinajstić information content (AvgIpc) is 2.97. The number of carbonyl (C=O) groups excluding carboxylic acids is 2. The first-order valence-electron chi connectivity index (χ1n) is 8.50. The number of nitrogens with one attached hydrogen (secondary N) is 2. The van der Waals surface area contributed by atoms with E-state index in [4.69, 9.17) is 5.73 Å².